The Hall–Kier alpha value is -2.41. The first-order chi connectivity index (χ1) is 10.9. The summed E-state index contributed by atoms with van der Waals surface area (Å²) < 4.78 is 25.8. The lowest BCUT2D eigenvalue weighted by Crippen LogP contribution is -2.14. The van der Waals surface area contributed by atoms with Crippen LogP contribution in [0.2, 0.25) is 0 Å². The minimum atomic E-state index is -1.01. The van der Waals surface area contributed by atoms with Crippen LogP contribution >= 0.6 is 11.8 Å². The smallest absolute Gasteiger partial charge is 0.234 e. The third kappa shape index (κ3) is 5.37. The molecule has 2 aromatic rings. The Balaban J connectivity index is 1.86. The summed E-state index contributed by atoms with van der Waals surface area (Å²) in [4.78, 5) is 23.5. The van der Waals surface area contributed by atoms with Crippen LogP contribution in [0.5, 0.6) is 0 Å². The monoisotopic (exact) mass is 336 g/mol. The second kappa shape index (κ2) is 7.73. The van der Waals surface area contributed by atoms with E-state index in [1.54, 1.807) is 24.3 Å². The van der Waals surface area contributed by atoms with Crippen molar-refractivity contribution >= 4 is 35.0 Å². The van der Waals surface area contributed by atoms with E-state index in [4.69, 9.17) is 0 Å². The molecule has 23 heavy (non-hydrogen) atoms. The number of nitrogens with one attached hydrogen (secondary N) is 2. The van der Waals surface area contributed by atoms with Crippen molar-refractivity contribution in [1.29, 1.82) is 0 Å². The van der Waals surface area contributed by atoms with Crippen molar-refractivity contribution in [1.82, 2.24) is 0 Å². The van der Waals surface area contributed by atoms with Crippen LogP contribution in [-0.4, -0.2) is 17.6 Å². The highest BCUT2D eigenvalue weighted by Crippen LogP contribution is 2.21. The van der Waals surface area contributed by atoms with E-state index in [2.05, 4.69) is 10.6 Å². The fourth-order valence-corrected chi connectivity index (χ4v) is 2.46. The van der Waals surface area contributed by atoms with E-state index in [0.717, 1.165) is 17.0 Å². The molecule has 0 fully saturated rings. The molecule has 0 aliphatic carbocycles. The summed E-state index contributed by atoms with van der Waals surface area (Å²) in [6.45, 7) is 1.42. The topological polar surface area (TPSA) is 58.2 Å². The quantitative estimate of drug-likeness (QED) is 0.820. The van der Waals surface area contributed by atoms with Gasteiger partial charge in [-0.25, -0.2) is 8.78 Å². The summed E-state index contributed by atoms with van der Waals surface area (Å²) in [6.07, 6.45) is 0. The highest BCUT2D eigenvalue weighted by atomic mass is 32.2. The zero-order valence-electron chi connectivity index (χ0n) is 12.2. The molecule has 0 spiro atoms. The first kappa shape index (κ1) is 17.0. The van der Waals surface area contributed by atoms with Crippen molar-refractivity contribution < 1.29 is 18.4 Å². The van der Waals surface area contributed by atoms with Gasteiger partial charge in [-0.1, -0.05) is 0 Å². The molecule has 2 N–H and O–H groups in total. The lowest BCUT2D eigenvalue weighted by molar-refractivity contribution is -0.114. The third-order valence-corrected chi connectivity index (χ3v) is 3.76. The van der Waals surface area contributed by atoms with Gasteiger partial charge >= 0.3 is 0 Å². The second-order valence-electron chi connectivity index (χ2n) is 4.67. The fraction of sp³-hybridized carbons (Fsp3) is 0.125. The van der Waals surface area contributed by atoms with Crippen molar-refractivity contribution in [3.63, 3.8) is 0 Å². The van der Waals surface area contributed by atoms with Gasteiger partial charge in [-0.2, -0.15) is 0 Å². The normalized spacial score (nSPS) is 10.2. The molecular weight excluding hydrogens is 322 g/mol. The van der Waals surface area contributed by atoms with Crippen LogP contribution in [0, 0.1) is 11.6 Å². The minimum Gasteiger partial charge on any atom is -0.326 e. The fourth-order valence-electron chi connectivity index (χ4n) is 1.76. The van der Waals surface area contributed by atoms with Crippen molar-refractivity contribution in [2.24, 2.45) is 0 Å². The number of rotatable bonds is 5. The lowest BCUT2D eigenvalue weighted by atomic mass is 10.3. The van der Waals surface area contributed by atoms with Crippen molar-refractivity contribution in [3.05, 3.63) is 54.1 Å². The maximum absolute atomic E-state index is 13.0. The highest BCUT2D eigenvalue weighted by molar-refractivity contribution is 8.00. The molecule has 0 radical (unpaired) electrons. The molecule has 0 atom stereocenters. The SMILES string of the molecule is CC(=O)Nc1ccc(SCC(=O)Nc2ccc(F)c(F)c2)cc1. The Bertz CT molecular complexity index is 721. The molecule has 0 saturated heterocycles. The van der Waals surface area contributed by atoms with E-state index < -0.39 is 11.6 Å². The molecule has 2 rings (SSSR count). The average molecular weight is 336 g/mol. The van der Waals surface area contributed by atoms with E-state index in [0.29, 0.717) is 5.69 Å². The Labute approximate surface area is 136 Å². The molecule has 7 heteroatoms. The molecular formula is C16H14F2N2O2S. The predicted octanol–water partition coefficient (Wildman–Crippen LogP) is 3.65. The number of hydrogen-bond acceptors (Lipinski definition) is 3. The number of amides is 2. The number of carbonyl (C=O) groups is 2. The maximum atomic E-state index is 13.0. The van der Waals surface area contributed by atoms with Crippen LogP contribution in [0.15, 0.2) is 47.4 Å². The van der Waals surface area contributed by atoms with Crippen LogP contribution in [-0.2, 0) is 9.59 Å². The molecule has 2 aromatic carbocycles. The molecule has 120 valence electrons. The van der Waals surface area contributed by atoms with Gasteiger partial charge in [0.25, 0.3) is 0 Å². The Morgan fingerprint density at radius 3 is 2.22 bits per heavy atom. The molecule has 0 aliphatic heterocycles. The van der Waals surface area contributed by atoms with Gasteiger partial charge in [0.15, 0.2) is 11.6 Å². The summed E-state index contributed by atoms with van der Waals surface area (Å²) in [5.74, 6) is -2.33. The number of benzene rings is 2. The standard InChI is InChI=1S/C16H14F2N2O2S/c1-10(21)19-11-2-5-13(6-3-11)23-9-16(22)20-12-4-7-14(17)15(18)8-12/h2-8H,9H2,1H3,(H,19,21)(H,20,22). The maximum Gasteiger partial charge on any atom is 0.234 e. The number of anilines is 2. The van der Waals surface area contributed by atoms with Crippen LogP contribution in [0.1, 0.15) is 6.92 Å². The summed E-state index contributed by atoms with van der Waals surface area (Å²) >= 11 is 1.29. The molecule has 0 unspecified atom stereocenters. The third-order valence-electron chi connectivity index (χ3n) is 2.75. The van der Waals surface area contributed by atoms with Gasteiger partial charge in [0.2, 0.25) is 11.8 Å². The molecule has 0 bridgehead atoms. The van der Waals surface area contributed by atoms with Gasteiger partial charge < -0.3 is 10.6 Å². The number of halogens is 2. The first-order valence-corrected chi connectivity index (χ1v) is 7.68. The van der Waals surface area contributed by atoms with Crippen molar-refractivity contribution in [2.75, 3.05) is 16.4 Å². The molecule has 4 nitrogen and oxygen atoms in total. The Morgan fingerprint density at radius 1 is 0.957 bits per heavy atom. The van der Waals surface area contributed by atoms with E-state index in [1.165, 1.54) is 24.8 Å². The van der Waals surface area contributed by atoms with Gasteiger partial charge in [-0.3, -0.25) is 9.59 Å². The van der Waals surface area contributed by atoms with Crippen LogP contribution in [0.4, 0.5) is 20.2 Å². The number of hydrogen-bond donors (Lipinski definition) is 2. The van der Waals surface area contributed by atoms with Crippen LogP contribution < -0.4 is 10.6 Å². The molecule has 0 aromatic heterocycles. The molecule has 0 saturated carbocycles. The van der Waals surface area contributed by atoms with E-state index in [-0.39, 0.29) is 23.3 Å². The zero-order chi connectivity index (χ0) is 16.8. The first-order valence-electron chi connectivity index (χ1n) is 6.69. The van der Waals surface area contributed by atoms with Gasteiger partial charge in [0.05, 0.1) is 5.75 Å². The number of carbonyl (C=O) groups excluding carboxylic acids is 2. The van der Waals surface area contributed by atoms with Gasteiger partial charge in [-0.05, 0) is 36.4 Å². The molecule has 0 heterocycles. The Kier molecular flexibility index (Phi) is 5.70. The summed E-state index contributed by atoms with van der Waals surface area (Å²) in [5, 5.41) is 5.14. The highest BCUT2D eigenvalue weighted by Gasteiger charge is 2.07. The van der Waals surface area contributed by atoms with Crippen LogP contribution in [0.25, 0.3) is 0 Å². The average Bonchev–Trinajstić information content (AvgIpc) is 2.50. The van der Waals surface area contributed by atoms with Crippen LogP contribution in [0.3, 0.4) is 0 Å². The summed E-state index contributed by atoms with van der Waals surface area (Å²) in [5.41, 5.74) is 0.878. The van der Waals surface area contributed by atoms with E-state index in [9.17, 15) is 18.4 Å². The second-order valence-corrected chi connectivity index (χ2v) is 5.72. The van der Waals surface area contributed by atoms with Gasteiger partial charge in [0.1, 0.15) is 0 Å². The van der Waals surface area contributed by atoms with Gasteiger partial charge in [0, 0.05) is 29.3 Å². The largest absolute Gasteiger partial charge is 0.326 e. The van der Waals surface area contributed by atoms with E-state index in [1.807, 2.05) is 0 Å². The molecule has 2 amide bonds. The summed E-state index contributed by atoms with van der Waals surface area (Å²) in [6, 6.07) is 10.2. The van der Waals surface area contributed by atoms with Crippen molar-refractivity contribution in [3.8, 4) is 0 Å². The Morgan fingerprint density at radius 2 is 1.61 bits per heavy atom. The summed E-state index contributed by atoms with van der Waals surface area (Å²) in [7, 11) is 0. The molecule has 0 aliphatic rings. The predicted molar refractivity (Wildman–Crippen MR) is 86.5 cm³/mol. The minimum absolute atomic E-state index is 0.123. The van der Waals surface area contributed by atoms with Crippen molar-refractivity contribution in [2.45, 2.75) is 11.8 Å². The zero-order valence-corrected chi connectivity index (χ0v) is 13.0. The van der Waals surface area contributed by atoms with Gasteiger partial charge in [-0.15, -0.1) is 11.8 Å². The van der Waals surface area contributed by atoms with E-state index >= 15 is 0 Å². The number of thioether (sulfide) groups is 1. The lowest BCUT2D eigenvalue weighted by Gasteiger charge is -2.06.